The predicted octanol–water partition coefficient (Wildman–Crippen LogP) is 4.69. The summed E-state index contributed by atoms with van der Waals surface area (Å²) < 4.78 is 1.03. The highest BCUT2D eigenvalue weighted by molar-refractivity contribution is 9.10. The molecule has 0 radical (unpaired) electrons. The third-order valence-electron chi connectivity index (χ3n) is 5.80. The molecule has 4 aliphatic rings. The molecule has 4 aliphatic carbocycles. The Bertz CT molecular complexity index is 605. The first kappa shape index (κ1) is 15.3. The molecule has 4 saturated carbocycles. The Morgan fingerprint density at radius 1 is 1.09 bits per heavy atom. The first-order valence-corrected chi connectivity index (χ1v) is 9.41. The van der Waals surface area contributed by atoms with E-state index in [0.29, 0.717) is 0 Å². The zero-order valence-corrected chi connectivity index (χ0v) is 14.8. The lowest BCUT2D eigenvalue weighted by Gasteiger charge is -2.56. The van der Waals surface area contributed by atoms with Crippen LogP contribution in [0.4, 0.5) is 4.79 Å². The Morgan fingerprint density at radius 3 is 2.30 bits per heavy atom. The van der Waals surface area contributed by atoms with Crippen molar-refractivity contribution >= 4 is 28.0 Å². The molecule has 0 atom stereocenters. The molecule has 0 spiro atoms. The molecule has 23 heavy (non-hydrogen) atoms. The summed E-state index contributed by atoms with van der Waals surface area (Å²) in [5.74, 6) is 2.53. The van der Waals surface area contributed by atoms with Gasteiger partial charge in [0.1, 0.15) is 0 Å². The van der Waals surface area contributed by atoms with Gasteiger partial charge in [0.2, 0.25) is 0 Å². The standard InChI is InChI=1S/C19H23BrN2O/c20-17-4-2-1-3-16(17)5-6-21-18(23)22-19-10-13-7-14(11-19)9-15(8-13)12-19/h1-6,13-15H,7-12H2,(H2,21,22,23)/b6-5+. The normalized spacial score (nSPS) is 34.7. The van der Waals surface area contributed by atoms with Gasteiger partial charge in [-0.05, 0) is 74.0 Å². The predicted molar refractivity (Wildman–Crippen MR) is 95.7 cm³/mol. The maximum atomic E-state index is 12.3. The van der Waals surface area contributed by atoms with Gasteiger partial charge < -0.3 is 10.6 Å². The van der Waals surface area contributed by atoms with Gasteiger partial charge in [-0.25, -0.2) is 4.79 Å². The number of urea groups is 1. The molecule has 4 fully saturated rings. The molecule has 3 nitrogen and oxygen atoms in total. The van der Waals surface area contributed by atoms with Crippen LogP contribution in [0.1, 0.15) is 44.1 Å². The zero-order chi connectivity index (χ0) is 15.9. The minimum Gasteiger partial charge on any atom is -0.332 e. The van der Waals surface area contributed by atoms with Crippen molar-refractivity contribution in [2.75, 3.05) is 0 Å². The fraction of sp³-hybridized carbons (Fsp3) is 0.526. The molecule has 5 rings (SSSR count). The largest absolute Gasteiger partial charge is 0.332 e. The van der Waals surface area contributed by atoms with Gasteiger partial charge in [-0.3, -0.25) is 0 Å². The first-order chi connectivity index (χ1) is 11.1. The number of hydrogen-bond donors (Lipinski definition) is 2. The first-order valence-electron chi connectivity index (χ1n) is 8.62. The van der Waals surface area contributed by atoms with Gasteiger partial charge in [0.15, 0.2) is 0 Å². The van der Waals surface area contributed by atoms with Crippen LogP contribution in [0.15, 0.2) is 34.9 Å². The average Bonchev–Trinajstić information content (AvgIpc) is 2.47. The molecule has 0 unspecified atom stereocenters. The van der Waals surface area contributed by atoms with E-state index in [-0.39, 0.29) is 11.6 Å². The topological polar surface area (TPSA) is 41.1 Å². The molecule has 2 amide bonds. The van der Waals surface area contributed by atoms with Crippen molar-refractivity contribution in [1.82, 2.24) is 10.6 Å². The van der Waals surface area contributed by atoms with E-state index in [1.807, 2.05) is 30.3 Å². The number of amides is 2. The Labute approximate surface area is 146 Å². The Balaban J connectivity index is 1.36. The number of rotatable bonds is 3. The molecule has 0 aliphatic heterocycles. The van der Waals surface area contributed by atoms with Crippen LogP contribution in [0.5, 0.6) is 0 Å². The average molecular weight is 375 g/mol. The molecule has 0 aromatic heterocycles. The smallest absolute Gasteiger partial charge is 0.319 e. The summed E-state index contributed by atoms with van der Waals surface area (Å²) in [4.78, 5) is 12.3. The van der Waals surface area contributed by atoms with Gasteiger partial charge >= 0.3 is 6.03 Å². The van der Waals surface area contributed by atoms with Gasteiger partial charge in [-0.1, -0.05) is 34.1 Å². The Kier molecular flexibility index (Phi) is 3.96. The van der Waals surface area contributed by atoms with E-state index < -0.39 is 0 Å². The van der Waals surface area contributed by atoms with Crippen molar-refractivity contribution in [2.24, 2.45) is 17.8 Å². The maximum Gasteiger partial charge on any atom is 0.319 e. The second kappa shape index (κ2) is 5.97. The zero-order valence-electron chi connectivity index (χ0n) is 13.2. The van der Waals surface area contributed by atoms with Crippen molar-refractivity contribution in [3.05, 3.63) is 40.5 Å². The van der Waals surface area contributed by atoms with Crippen molar-refractivity contribution in [3.8, 4) is 0 Å². The summed E-state index contributed by atoms with van der Waals surface area (Å²) in [5, 5.41) is 6.19. The monoisotopic (exact) mass is 374 g/mol. The number of nitrogens with one attached hydrogen (secondary N) is 2. The Morgan fingerprint density at radius 2 is 1.70 bits per heavy atom. The number of benzene rings is 1. The molecule has 2 N–H and O–H groups in total. The minimum absolute atomic E-state index is 0.0600. The minimum atomic E-state index is -0.0600. The van der Waals surface area contributed by atoms with Gasteiger partial charge in [0.25, 0.3) is 0 Å². The lowest BCUT2D eigenvalue weighted by Crippen LogP contribution is -2.61. The van der Waals surface area contributed by atoms with Crippen LogP contribution < -0.4 is 10.6 Å². The van der Waals surface area contributed by atoms with Gasteiger partial charge in [0, 0.05) is 16.2 Å². The maximum absolute atomic E-state index is 12.3. The highest BCUT2D eigenvalue weighted by Crippen LogP contribution is 2.55. The van der Waals surface area contributed by atoms with E-state index in [1.165, 1.54) is 38.5 Å². The van der Waals surface area contributed by atoms with Gasteiger partial charge in [0.05, 0.1) is 0 Å². The van der Waals surface area contributed by atoms with Crippen molar-refractivity contribution in [3.63, 3.8) is 0 Å². The second-order valence-electron chi connectivity index (χ2n) is 7.65. The number of carbonyl (C=O) groups is 1. The summed E-state index contributed by atoms with van der Waals surface area (Å²) in [7, 11) is 0. The van der Waals surface area contributed by atoms with Crippen LogP contribution in [-0.2, 0) is 0 Å². The quantitative estimate of drug-likeness (QED) is 0.791. The molecule has 0 saturated heterocycles. The SMILES string of the molecule is O=C(N/C=C/c1ccccc1Br)NC12CC3CC(CC(C3)C1)C2. The molecule has 0 heterocycles. The third kappa shape index (κ3) is 3.18. The summed E-state index contributed by atoms with van der Waals surface area (Å²) in [6.45, 7) is 0. The number of carbonyl (C=O) groups excluding carboxylic acids is 1. The van der Waals surface area contributed by atoms with Gasteiger partial charge in [-0.15, -0.1) is 0 Å². The van der Waals surface area contributed by atoms with Crippen LogP contribution >= 0.6 is 15.9 Å². The van der Waals surface area contributed by atoms with E-state index in [1.54, 1.807) is 6.20 Å². The summed E-state index contributed by atoms with van der Waals surface area (Å²) in [6, 6.07) is 7.92. The molecular weight excluding hydrogens is 352 g/mol. The summed E-state index contributed by atoms with van der Waals surface area (Å²) in [5.41, 5.74) is 1.13. The molecular formula is C19H23BrN2O. The fourth-order valence-electron chi connectivity index (χ4n) is 5.36. The molecule has 122 valence electrons. The van der Waals surface area contributed by atoms with Crippen molar-refractivity contribution in [2.45, 2.75) is 44.1 Å². The van der Waals surface area contributed by atoms with Crippen LogP contribution in [0.25, 0.3) is 6.08 Å². The highest BCUT2D eigenvalue weighted by atomic mass is 79.9. The summed E-state index contributed by atoms with van der Waals surface area (Å²) >= 11 is 3.51. The lowest BCUT2D eigenvalue weighted by molar-refractivity contribution is -0.0133. The van der Waals surface area contributed by atoms with Crippen LogP contribution in [0.2, 0.25) is 0 Å². The number of hydrogen-bond acceptors (Lipinski definition) is 1. The van der Waals surface area contributed by atoms with Gasteiger partial charge in [-0.2, -0.15) is 0 Å². The van der Waals surface area contributed by atoms with Crippen LogP contribution in [-0.4, -0.2) is 11.6 Å². The molecule has 1 aromatic rings. The molecule has 4 bridgehead atoms. The molecule has 4 heteroatoms. The van der Waals surface area contributed by atoms with Crippen molar-refractivity contribution in [1.29, 1.82) is 0 Å². The molecule has 1 aromatic carbocycles. The number of halogens is 1. The van der Waals surface area contributed by atoms with E-state index in [4.69, 9.17) is 0 Å². The third-order valence-corrected chi connectivity index (χ3v) is 6.52. The van der Waals surface area contributed by atoms with E-state index in [2.05, 4.69) is 26.6 Å². The lowest BCUT2D eigenvalue weighted by atomic mass is 9.53. The Hall–Kier alpha value is -1.29. The van der Waals surface area contributed by atoms with Crippen LogP contribution in [0.3, 0.4) is 0 Å². The van der Waals surface area contributed by atoms with Crippen LogP contribution in [0, 0.1) is 17.8 Å². The second-order valence-corrected chi connectivity index (χ2v) is 8.51. The highest BCUT2D eigenvalue weighted by Gasteiger charge is 2.51. The fourth-order valence-corrected chi connectivity index (χ4v) is 5.77. The van der Waals surface area contributed by atoms with E-state index >= 15 is 0 Å². The van der Waals surface area contributed by atoms with E-state index in [0.717, 1.165) is 27.8 Å². The van der Waals surface area contributed by atoms with Crippen molar-refractivity contribution < 1.29 is 4.79 Å². The summed E-state index contributed by atoms with van der Waals surface area (Å²) in [6.07, 6.45) is 11.4. The van der Waals surface area contributed by atoms with E-state index in [9.17, 15) is 4.79 Å².